The minimum absolute atomic E-state index is 0.0796. The van der Waals surface area contributed by atoms with Crippen molar-refractivity contribution in [1.29, 1.82) is 0 Å². The Kier molecular flexibility index (Phi) is 4.20. The Morgan fingerprint density at radius 2 is 1.96 bits per heavy atom. The van der Waals surface area contributed by atoms with Gasteiger partial charge in [0.1, 0.15) is 6.04 Å². The van der Waals surface area contributed by atoms with Gasteiger partial charge in [-0.05, 0) is 35.8 Å². The maximum atomic E-state index is 12.9. The molecule has 24 heavy (non-hydrogen) atoms. The molecule has 0 saturated carbocycles. The summed E-state index contributed by atoms with van der Waals surface area (Å²) >= 11 is 0. The van der Waals surface area contributed by atoms with Gasteiger partial charge >= 0.3 is 0 Å². The van der Waals surface area contributed by atoms with E-state index in [0.717, 1.165) is 29.5 Å². The number of imide groups is 1. The van der Waals surface area contributed by atoms with Gasteiger partial charge in [0, 0.05) is 18.5 Å². The predicted octanol–water partition coefficient (Wildman–Crippen LogP) is 2.43. The van der Waals surface area contributed by atoms with E-state index in [1.54, 1.807) is 4.90 Å². The molecule has 0 aromatic heterocycles. The van der Waals surface area contributed by atoms with Crippen LogP contribution in [0.2, 0.25) is 0 Å². The van der Waals surface area contributed by atoms with Crippen molar-refractivity contribution in [2.45, 2.75) is 59.0 Å². The number of hydrogen-bond donors (Lipinski definition) is 1. The third-order valence-electron chi connectivity index (χ3n) is 4.78. The van der Waals surface area contributed by atoms with Crippen LogP contribution in [0.25, 0.3) is 0 Å². The smallest absolute Gasteiger partial charge is 0.255 e. The van der Waals surface area contributed by atoms with Crippen LogP contribution in [0.4, 0.5) is 0 Å². The van der Waals surface area contributed by atoms with E-state index < -0.39 is 6.04 Å². The van der Waals surface area contributed by atoms with Crippen molar-refractivity contribution < 1.29 is 14.4 Å². The minimum Gasteiger partial charge on any atom is -0.322 e. The van der Waals surface area contributed by atoms with E-state index in [0.29, 0.717) is 13.0 Å². The zero-order valence-electron chi connectivity index (χ0n) is 14.5. The van der Waals surface area contributed by atoms with Crippen molar-refractivity contribution in [3.8, 4) is 0 Å². The Balaban J connectivity index is 1.83. The number of fused-ring (bicyclic) bond motifs is 1. The number of amides is 3. The van der Waals surface area contributed by atoms with E-state index in [2.05, 4.69) is 26.1 Å². The molecule has 1 aromatic rings. The summed E-state index contributed by atoms with van der Waals surface area (Å²) in [5.74, 6) is -0.695. The Morgan fingerprint density at radius 1 is 1.21 bits per heavy atom. The molecule has 1 aromatic carbocycles. The Hall–Kier alpha value is -2.17. The van der Waals surface area contributed by atoms with Gasteiger partial charge in [-0.2, -0.15) is 0 Å². The van der Waals surface area contributed by atoms with Gasteiger partial charge in [-0.3, -0.25) is 19.7 Å². The van der Waals surface area contributed by atoms with Gasteiger partial charge in [-0.15, -0.1) is 0 Å². The highest BCUT2D eigenvalue weighted by molar-refractivity contribution is 6.05. The van der Waals surface area contributed by atoms with Crippen LogP contribution >= 0.6 is 0 Å². The van der Waals surface area contributed by atoms with Gasteiger partial charge in [0.2, 0.25) is 11.8 Å². The fraction of sp³-hybridized carbons (Fsp3) is 0.526. The molecule has 2 heterocycles. The number of carbonyl (C=O) groups excluding carboxylic acids is 3. The standard InChI is InChI=1S/C19H24N2O3/c1-19(2,3)10-9-12-5-4-6-13-11-21(18(24)16(12)13)14-7-8-15(22)20-17(14)23/h4-6,14H,7-11H2,1-3H3,(H,20,22,23). The number of benzene rings is 1. The first kappa shape index (κ1) is 16.7. The molecule has 0 spiro atoms. The second kappa shape index (κ2) is 6.04. The predicted molar refractivity (Wildman–Crippen MR) is 90.3 cm³/mol. The van der Waals surface area contributed by atoms with Gasteiger partial charge in [0.25, 0.3) is 5.91 Å². The molecule has 128 valence electrons. The normalized spacial score (nSPS) is 21.0. The van der Waals surface area contributed by atoms with E-state index >= 15 is 0 Å². The molecule has 3 rings (SSSR count). The molecule has 1 atom stereocenters. The van der Waals surface area contributed by atoms with Gasteiger partial charge in [0.05, 0.1) is 0 Å². The minimum atomic E-state index is -0.543. The molecule has 3 amide bonds. The summed E-state index contributed by atoms with van der Waals surface area (Å²) < 4.78 is 0. The average molecular weight is 328 g/mol. The lowest BCUT2D eigenvalue weighted by atomic mass is 9.87. The summed E-state index contributed by atoms with van der Waals surface area (Å²) in [6, 6.07) is 5.41. The van der Waals surface area contributed by atoms with E-state index in [9.17, 15) is 14.4 Å². The topological polar surface area (TPSA) is 66.5 Å². The third-order valence-corrected chi connectivity index (χ3v) is 4.78. The fourth-order valence-electron chi connectivity index (χ4n) is 3.41. The molecule has 1 saturated heterocycles. The van der Waals surface area contributed by atoms with Crippen molar-refractivity contribution in [2.24, 2.45) is 5.41 Å². The molecule has 1 fully saturated rings. The number of nitrogens with zero attached hydrogens (tertiary/aromatic N) is 1. The maximum absolute atomic E-state index is 12.9. The number of carbonyl (C=O) groups is 3. The van der Waals surface area contributed by atoms with Crippen molar-refractivity contribution in [2.75, 3.05) is 0 Å². The lowest BCUT2D eigenvalue weighted by molar-refractivity contribution is -0.136. The zero-order valence-corrected chi connectivity index (χ0v) is 14.5. The number of nitrogens with one attached hydrogen (secondary N) is 1. The van der Waals surface area contributed by atoms with Gasteiger partial charge < -0.3 is 4.90 Å². The monoisotopic (exact) mass is 328 g/mol. The first-order valence-electron chi connectivity index (χ1n) is 8.52. The van der Waals surface area contributed by atoms with Crippen molar-refractivity contribution in [3.05, 3.63) is 34.9 Å². The molecular weight excluding hydrogens is 304 g/mol. The molecular formula is C19H24N2O3. The largest absolute Gasteiger partial charge is 0.322 e. The second-order valence-electron chi connectivity index (χ2n) is 7.91. The molecule has 0 aliphatic carbocycles. The Labute approximate surface area is 142 Å². The zero-order chi connectivity index (χ0) is 17.5. The molecule has 0 radical (unpaired) electrons. The fourth-order valence-corrected chi connectivity index (χ4v) is 3.41. The van der Waals surface area contributed by atoms with Crippen LogP contribution in [0.3, 0.4) is 0 Å². The Morgan fingerprint density at radius 3 is 2.62 bits per heavy atom. The highest BCUT2D eigenvalue weighted by Gasteiger charge is 2.39. The maximum Gasteiger partial charge on any atom is 0.255 e. The molecule has 1 N–H and O–H groups in total. The van der Waals surface area contributed by atoms with Crippen LogP contribution in [-0.4, -0.2) is 28.7 Å². The summed E-state index contributed by atoms with van der Waals surface area (Å²) in [4.78, 5) is 38.0. The highest BCUT2D eigenvalue weighted by atomic mass is 16.2. The number of piperidine rings is 1. The van der Waals surface area contributed by atoms with Crippen molar-refractivity contribution in [1.82, 2.24) is 10.2 Å². The summed E-state index contributed by atoms with van der Waals surface area (Å²) in [5.41, 5.74) is 3.00. The summed E-state index contributed by atoms with van der Waals surface area (Å²) in [7, 11) is 0. The molecule has 2 aliphatic rings. The molecule has 5 heteroatoms. The van der Waals surface area contributed by atoms with E-state index in [4.69, 9.17) is 0 Å². The van der Waals surface area contributed by atoms with Crippen LogP contribution in [-0.2, 0) is 22.6 Å². The molecule has 5 nitrogen and oxygen atoms in total. The van der Waals surface area contributed by atoms with Gasteiger partial charge in [-0.1, -0.05) is 39.0 Å². The third kappa shape index (κ3) is 3.21. The van der Waals surface area contributed by atoms with Crippen LogP contribution in [0.1, 0.15) is 61.5 Å². The second-order valence-corrected chi connectivity index (χ2v) is 7.91. The van der Waals surface area contributed by atoms with Crippen LogP contribution in [0.15, 0.2) is 18.2 Å². The summed E-state index contributed by atoms with van der Waals surface area (Å²) in [6.07, 6.45) is 2.53. The van der Waals surface area contributed by atoms with Crippen LogP contribution in [0.5, 0.6) is 0 Å². The highest BCUT2D eigenvalue weighted by Crippen LogP contribution is 2.31. The lowest BCUT2D eigenvalue weighted by Gasteiger charge is -2.29. The average Bonchev–Trinajstić information content (AvgIpc) is 2.82. The van der Waals surface area contributed by atoms with Gasteiger partial charge in [-0.25, -0.2) is 0 Å². The van der Waals surface area contributed by atoms with Gasteiger partial charge in [0.15, 0.2) is 0 Å². The van der Waals surface area contributed by atoms with E-state index in [1.807, 2.05) is 18.2 Å². The molecule has 0 bridgehead atoms. The Bertz CT molecular complexity index is 703. The van der Waals surface area contributed by atoms with E-state index in [1.165, 1.54) is 0 Å². The number of rotatable bonds is 3. The van der Waals surface area contributed by atoms with Crippen LogP contribution in [0, 0.1) is 5.41 Å². The lowest BCUT2D eigenvalue weighted by Crippen LogP contribution is -2.52. The van der Waals surface area contributed by atoms with E-state index in [-0.39, 0.29) is 29.6 Å². The SMILES string of the molecule is CC(C)(C)CCc1cccc2c1C(=O)N(C1CCC(=O)NC1=O)C2. The first-order valence-corrected chi connectivity index (χ1v) is 8.52. The summed E-state index contributed by atoms with van der Waals surface area (Å²) in [6.45, 7) is 7.01. The molecule has 1 unspecified atom stereocenters. The summed E-state index contributed by atoms with van der Waals surface area (Å²) in [5, 5.41) is 2.34. The van der Waals surface area contributed by atoms with Crippen LogP contribution < -0.4 is 5.32 Å². The first-order chi connectivity index (χ1) is 11.3. The quantitative estimate of drug-likeness (QED) is 0.867. The number of aryl methyl sites for hydroxylation is 1. The van der Waals surface area contributed by atoms with Crippen molar-refractivity contribution in [3.63, 3.8) is 0 Å². The molecule has 2 aliphatic heterocycles. The number of hydrogen-bond acceptors (Lipinski definition) is 3. The van der Waals surface area contributed by atoms with Crippen molar-refractivity contribution >= 4 is 17.7 Å².